The number of carbonyl (C=O) groups is 1. The molecule has 1 unspecified atom stereocenters. The van der Waals surface area contributed by atoms with Crippen molar-refractivity contribution in [1.82, 2.24) is 0 Å². The van der Waals surface area contributed by atoms with Crippen LogP contribution in [0.5, 0.6) is 0 Å². The molecule has 1 atom stereocenters. The third kappa shape index (κ3) is 3.35. The van der Waals surface area contributed by atoms with Crippen molar-refractivity contribution in [2.45, 2.75) is 12.0 Å². The summed E-state index contributed by atoms with van der Waals surface area (Å²) in [7, 11) is 0. The van der Waals surface area contributed by atoms with Crippen molar-refractivity contribution in [2.24, 2.45) is 0 Å². The third-order valence-corrected chi connectivity index (χ3v) is 3.75. The van der Waals surface area contributed by atoms with Crippen LogP contribution in [-0.4, -0.2) is 10.9 Å². The van der Waals surface area contributed by atoms with E-state index in [0.717, 1.165) is 0 Å². The van der Waals surface area contributed by atoms with E-state index in [1.54, 1.807) is 48.5 Å². The Morgan fingerprint density at radius 3 is 2.00 bits per heavy atom. The number of carbonyl (C=O) groups excluding carboxylic acids is 1. The number of hydrogen-bond acceptors (Lipinski definition) is 2. The average molecular weight is 321 g/mol. The van der Waals surface area contributed by atoms with Gasteiger partial charge in [-0.25, -0.2) is 0 Å². The van der Waals surface area contributed by atoms with Crippen LogP contribution in [0.15, 0.2) is 61.2 Å². The maximum Gasteiger partial charge on any atom is 0.199 e. The lowest BCUT2D eigenvalue weighted by molar-refractivity contribution is 0.0313. The maximum atomic E-state index is 12.7. The molecule has 2 aromatic rings. The van der Waals surface area contributed by atoms with Gasteiger partial charge in [0.1, 0.15) is 0 Å². The zero-order chi connectivity index (χ0) is 15.5. The van der Waals surface area contributed by atoms with Gasteiger partial charge in [-0.15, -0.1) is 6.58 Å². The van der Waals surface area contributed by atoms with Gasteiger partial charge in [0.25, 0.3) is 0 Å². The van der Waals surface area contributed by atoms with E-state index in [0.29, 0.717) is 21.2 Å². The molecule has 0 spiro atoms. The second-order valence-electron chi connectivity index (χ2n) is 4.70. The average Bonchev–Trinajstić information content (AvgIpc) is 2.48. The Morgan fingerprint density at radius 1 is 1.05 bits per heavy atom. The van der Waals surface area contributed by atoms with Crippen LogP contribution in [0, 0.1) is 0 Å². The molecule has 2 rings (SSSR count). The molecule has 0 aliphatic carbocycles. The van der Waals surface area contributed by atoms with Gasteiger partial charge in [0.05, 0.1) is 0 Å². The fraction of sp³-hybridized carbons (Fsp3) is 0.118. The minimum Gasteiger partial charge on any atom is -0.377 e. The normalized spacial score (nSPS) is 13.5. The molecule has 108 valence electrons. The zero-order valence-corrected chi connectivity index (χ0v) is 12.7. The highest BCUT2D eigenvalue weighted by atomic mass is 35.5. The molecule has 4 heteroatoms. The molecule has 0 radical (unpaired) electrons. The van der Waals surface area contributed by atoms with Gasteiger partial charge >= 0.3 is 0 Å². The SMILES string of the molecule is C=CCC(O)(C(=O)c1ccc(Cl)cc1)c1ccc(Cl)cc1. The number of benzene rings is 2. The van der Waals surface area contributed by atoms with Crippen LogP contribution in [0.25, 0.3) is 0 Å². The summed E-state index contributed by atoms with van der Waals surface area (Å²) >= 11 is 11.7. The largest absolute Gasteiger partial charge is 0.377 e. The third-order valence-electron chi connectivity index (χ3n) is 3.24. The first-order valence-electron chi connectivity index (χ1n) is 6.37. The van der Waals surface area contributed by atoms with E-state index in [1.807, 2.05) is 0 Å². The van der Waals surface area contributed by atoms with E-state index in [1.165, 1.54) is 6.08 Å². The van der Waals surface area contributed by atoms with Crippen molar-refractivity contribution < 1.29 is 9.90 Å². The van der Waals surface area contributed by atoms with Crippen molar-refractivity contribution in [3.05, 3.63) is 82.4 Å². The summed E-state index contributed by atoms with van der Waals surface area (Å²) in [6.07, 6.45) is 1.62. The topological polar surface area (TPSA) is 37.3 Å². The summed E-state index contributed by atoms with van der Waals surface area (Å²) in [6.45, 7) is 3.62. The highest BCUT2D eigenvalue weighted by molar-refractivity contribution is 6.31. The van der Waals surface area contributed by atoms with Crippen LogP contribution in [0.3, 0.4) is 0 Å². The van der Waals surface area contributed by atoms with Crippen molar-refractivity contribution in [3.8, 4) is 0 Å². The quantitative estimate of drug-likeness (QED) is 0.643. The lowest BCUT2D eigenvalue weighted by Gasteiger charge is -2.26. The molecule has 0 fully saturated rings. The number of ketones is 1. The highest BCUT2D eigenvalue weighted by Crippen LogP contribution is 2.31. The predicted octanol–water partition coefficient (Wildman–Crippen LogP) is 4.64. The van der Waals surface area contributed by atoms with Gasteiger partial charge in [-0.1, -0.05) is 41.4 Å². The minimum atomic E-state index is -1.67. The number of rotatable bonds is 5. The Labute approximate surface area is 133 Å². The molecular weight excluding hydrogens is 307 g/mol. The van der Waals surface area contributed by atoms with Crippen molar-refractivity contribution in [3.63, 3.8) is 0 Å². The standard InChI is InChI=1S/C17H14Cl2O2/c1-2-11-17(21,13-5-9-15(19)10-6-13)16(20)12-3-7-14(18)8-4-12/h2-10,21H,1,11H2. The Hall–Kier alpha value is -1.61. The van der Waals surface area contributed by atoms with Gasteiger partial charge in [0.15, 0.2) is 11.4 Å². The fourth-order valence-corrected chi connectivity index (χ4v) is 2.37. The Kier molecular flexibility index (Phi) is 4.84. The molecule has 0 aliphatic heterocycles. The smallest absolute Gasteiger partial charge is 0.199 e. The lowest BCUT2D eigenvalue weighted by atomic mass is 9.83. The van der Waals surface area contributed by atoms with Crippen LogP contribution < -0.4 is 0 Å². The second-order valence-corrected chi connectivity index (χ2v) is 5.57. The van der Waals surface area contributed by atoms with Gasteiger partial charge < -0.3 is 5.11 Å². The summed E-state index contributed by atoms with van der Waals surface area (Å²) < 4.78 is 0. The molecule has 21 heavy (non-hydrogen) atoms. The van der Waals surface area contributed by atoms with E-state index < -0.39 is 11.4 Å². The summed E-state index contributed by atoms with van der Waals surface area (Å²) in [5.41, 5.74) is -0.800. The van der Waals surface area contributed by atoms with Gasteiger partial charge in [0.2, 0.25) is 0 Å². The first kappa shape index (κ1) is 15.8. The molecule has 0 saturated carbocycles. The number of aliphatic hydroxyl groups is 1. The first-order valence-corrected chi connectivity index (χ1v) is 7.12. The van der Waals surface area contributed by atoms with E-state index in [9.17, 15) is 9.90 Å². The molecule has 0 bridgehead atoms. The zero-order valence-electron chi connectivity index (χ0n) is 11.2. The molecule has 0 saturated heterocycles. The minimum absolute atomic E-state index is 0.107. The highest BCUT2D eigenvalue weighted by Gasteiger charge is 2.37. The fourth-order valence-electron chi connectivity index (χ4n) is 2.12. The summed E-state index contributed by atoms with van der Waals surface area (Å²) in [6, 6.07) is 13.0. The second kappa shape index (κ2) is 6.44. The van der Waals surface area contributed by atoms with Gasteiger partial charge in [-0.3, -0.25) is 4.79 Å². The molecule has 0 aromatic heterocycles. The van der Waals surface area contributed by atoms with Gasteiger partial charge in [0, 0.05) is 22.0 Å². The van der Waals surface area contributed by atoms with E-state index >= 15 is 0 Å². The Bertz CT molecular complexity index is 647. The summed E-state index contributed by atoms with van der Waals surface area (Å²) in [4.78, 5) is 12.7. The van der Waals surface area contributed by atoms with Crippen LogP contribution in [-0.2, 0) is 5.60 Å². The summed E-state index contributed by atoms with van der Waals surface area (Å²) in [5, 5.41) is 11.9. The Balaban J connectivity index is 2.45. The van der Waals surface area contributed by atoms with Gasteiger partial charge in [-0.2, -0.15) is 0 Å². The van der Waals surface area contributed by atoms with Crippen molar-refractivity contribution in [2.75, 3.05) is 0 Å². The molecule has 0 heterocycles. The Morgan fingerprint density at radius 2 is 1.52 bits per heavy atom. The van der Waals surface area contributed by atoms with E-state index in [2.05, 4.69) is 6.58 Å². The maximum absolute atomic E-state index is 12.7. The summed E-state index contributed by atoms with van der Waals surface area (Å²) in [5.74, 6) is -0.401. The molecule has 2 nitrogen and oxygen atoms in total. The van der Waals surface area contributed by atoms with Gasteiger partial charge in [-0.05, 0) is 42.0 Å². The van der Waals surface area contributed by atoms with E-state index in [-0.39, 0.29) is 6.42 Å². The lowest BCUT2D eigenvalue weighted by Crippen LogP contribution is -2.35. The monoisotopic (exact) mass is 320 g/mol. The predicted molar refractivity (Wildman–Crippen MR) is 85.9 cm³/mol. The molecule has 0 amide bonds. The first-order chi connectivity index (χ1) is 9.97. The van der Waals surface area contributed by atoms with Crippen molar-refractivity contribution >= 4 is 29.0 Å². The molecule has 0 aliphatic rings. The molecule has 1 N–H and O–H groups in total. The number of halogens is 2. The molecular formula is C17H14Cl2O2. The van der Waals surface area contributed by atoms with Crippen molar-refractivity contribution in [1.29, 1.82) is 0 Å². The van der Waals surface area contributed by atoms with Crippen LogP contribution >= 0.6 is 23.2 Å². The molecule has 2 aromatic carbocycles. The number of hydrogen-bond donors (Lipinski definition) is 1. The number of Topliss-reactive ketones (excluding diaryl/α,β-unsaturated/α-hetero) is 1. The van der Waals surface area contributed by atoms with Crippen LogP contribution in [0.2, 0.25) is 10.0 Å². The van der Waals surface area contributed by atoms with E-state index in [4.69, 9.17) is 23.2 Å². The van der Waals surface area contributed by atoms with Crippen LogP contribution in [0.1, 0.15) is 22.3 Å². The van der Waals surface area contributed by atoms with Crippen LogP contribution in [0.4, 0.5) is 0 Å².